The van der Waals surface area contributed by atoms with E-state index in [0.717, 1.165) is 11.8 Å². The third-order valence-electron chi connectivity index (χ3n) is 3.17. The average molecular weight is 316 g/mol. The molecule has 1 aromatic heterocycles. The molecule has 0 fully saturated rings. The number of nitrogens with one attached hydrogen (secondary N) is 1. The Hall–Kier alpha value is -2.47. The number of carbonyl (C=O) groups is 2. The molecule has 2 rings (SSSR count). The summed E-state index contributed by atoms with van der Waals surface area (Å²) in [4.78, 5) is 22.7. The van der Waals surface area contributed by atoms with Gasteiger partial charge in [-0.25, -0.2) is 0 Å². The molecule has 1 amide bonds. The van der Waals surface area contributed by atoms with Crippen molar-refractivity contribution < 1.29 is 18.8 Å². The lowest BCUT2D eigenvalue weighted by Crippen LogP contribution is -2.34. The van der Waals surface area contributed by atoms with E-state index in [1.165, 1.54) is 6.07 Å². The normalized spacial score (nSPS) is 11.2. The lowest BCUT2D eigenvalue weighted by Gasteiger charge is -2.16. The molecule has 0 aliphatic rings. The molecule has 0 spiro atoms. The minimum absolute atomic E-state index is 0.171. The van der Waals surface area contributed by atoms with E-state index in [1.54, 1.807) is 13.8 Å². The van der Waals surface area contributed by atoms with Crippen LogP contribution in [0.3, 0.4) is 0 Å². The maximum atomic E-state index is 11.9. The molecule has 0 bridgehead atoms. The van der Waals surface area contributed by atoms with Crippen molar-refractivity contribution >= 4 is 12.2 Å². The minimum Gasteiger partial charge on any atom is -0.369 e. The predicted octanol–water partition coefficient (Wildman–Crippen LogP) is 2.35. The Bertz CT molecular complexity index is 650. The molecule has 1 heterocycles. The number of hydrogen-bond donors (Lipinski definition) is 1. The lowest BCUT2D eigenvalue weighted by atomic mass is 9.96. The number of aromatic nitrogens is 1. The summed E-state index contributed by atoms with van der Waals surface area (Å²) in [6, 6.07) is 11.3. The van der Waals surface area contributed by atoms with Gasteiger partial charge in [-0.15, -0.1) is 0 Å². The molecule has 1 aromatic carbocycles. The second-order valence-electron chi connectivity index (χ2n) is 5.95. The highest BCUT2D eigenvalue weighted by Crippen LogP contribution is 2.10. The molecule has 122 valence electrons. The summed E-state index contributed by atoms with van der Waals surface area (Å²) >= 11 is 0. The number of rotatable bonds is 8. The summed E-state index contributed by atoms with van der Waals surface area (Å²) in [6.45, 7) is 4.41. The van der Waals surface area contributed by atoms with Crippen LogP contribution in [0.2, 0.25) is 0 Å². The first kappa shape index (κ1) is 16.9. The van der Waals surface area contributed by atoms with Gasteiger partial charge < -0.3 is 19.4 Å². The van der Waals surface area contributed by atoms with Crippen LogP contribution < -0.4 is 5.32 Å². The molecule has 0 aliphatic heterocycles. The number of amides is 1. The van der Waals surface area contributed by atoms with Crippen LogP contribution in [0.5, 0.6) is 0 Å². The summed E-state index contributed by atoms with van der Waals surface area (Å²) in [7, 11) is 0. The van der Waals surface area contributed by atoms with Crippen molar-refractivity contribution in [3.63, 3.8) is 0 Å². The molecule has 23 heavy (non-hydrogen) atoms. The Balaban J connectivity index is 1.80. The smallest absolute Gasteiger partial charge is 0.273 e. The van der Waals surface area contributed by atoms with Crippen LogP contribution in [0.15, 0.2) is 40.9 Å². The first-order valence-corrected chi connectivity index (χ1v) is 7.32. The van der Waals surface area contributed by atoms with Crippen molar-refractivity contribution in [2.75, 3.05) is 6.54 Å². The van der Waals surface area contributed by atoms with Crippen LogP contribution in [0, 0.1) is 5.41 Å². The molecular weight excluding hydrogens is 296 g/mol. The zero-order valence-corrected chi connectivity index (χ0v) is 13.2. The fraction of sp³-hybridized carbons (Fsp3) is 0.353. The molecule has 0 saturated heterocycles. The van der Waals surface area contributed by atoms with Crippen LogP contribution in [0.1, 0.15) is 35.7 Å². The van der Waals surface area contributed by atoms with E-state index in [1.807, 2.05) is 30.3 Å². The fourth-order valence-electron chi connectivity index (χ4n) is 1.77. The fourth-order valence-corrected chi connectivity index (χ4v) is 1.77. The Labute approximate surface area is 134 Å². The maximum absolute atomic E-state index is 11.9. The van der Waals surface area contributed by atoms with Crippen molar-refractivity contribution in [2.45, 2.75) is 27.1 Å². The summed E-state index contributed by atoms with van der Waals surface area (Å²) in [5.74, 6) is 0.0960. The van der Waals surface area contributed by atoms with Gasteiger partial charge in [0, 0.05) is 18.0 Å². The number of hydrogen-bond acceptors (Lipinski definition) is 5. The number of carbonyl (C=O) groups excluding carboxylic acids is 2. The summed E-state index contributed by atoms with van der Waals surface area (Å²) in [6.07, 6.45) is 0.804. The maximum Gasteiger partial charge on any atom is 0.273 e. The van der Waals surface area contributed by atoms with E-state index >= 15 is 0 Å². The second-order valence-corrected chi connectivity index (χ2v) is 5.95. The number of aldehydes is 1. The van der Waals surface area contributed by atoms with Gasteiger partial charge in [0.2, 0.25) is 0 Å². The van der Waals surface area contributed by atoms with Crippen molar-refractivity contribution in [3.05, 3.63) is 53.4 Å². The van der Waals surface area contributed by atoms with Crippen LogP contribution in [0.4, 0.5) is 0 Å². The highest BCUT2D eigenvalue weighted by molar-refractivity contribution is 5.92. The molecule has 0 atom stereocenters. The minimum atomic E-state index is -0.610. The van der Waals surface area contributed by atoms with E-state index in [0.29, 0.717) is 12.4 Å². The molecule has 0 saturated carbocycles. The average Bonchev–Trinajstić information content (AvgIpc) is 3.03. The van der Waals surface area contributed by atoms with Gasteiger partial charge in [-0.1, -0.05) is 49.3 Å². The number of ether oxygens (including phenoxy) is 1. The molecule has 0 aliphatic carbocycles. The van der Waals surface area contributed by atoms with Crippen molar-refractivity contribution in [3.8, 4) is 0 Å². The molecule has 6 nitrogen and oxygen atoms in total. The molecule has 0 radical (unpaired) electrons. The Morgan fingerprint density at radius 2 is 2.04 bits per heavy atom. The first-order valence-electron chi connectivity index (χ1n) is 7.32. The van der Waals surface area contributed by atoms with Gasteiger partial charge in [0.25, 0.3) is 5.91 Å². The van der Waals surface area contributed by atoms with E-state index in [2.05, 4.69) is 10.5 Å². The topological polar surface area (TPSA) is 81.4 Å². The van der Waals surface area contributed by atoms with Crippen molar-refractivity contribution in [1.29, 1.82) is 0 Å². The van der Waals surface area contributed by atoms with Gasteiger partial charge >= 0.3 is 0 Å². The third-order valence-corrected chi connectivity index (χ3v) is 3.17. The zero-order valence-electron chi connectivity index (χ0n) is 13.2. The Morgan fingerprint density at radius 3 is 2.74 bits per heavy atom. The Kier molecular flexibility index (Phi) is 5.65. The monoisotopic (exact) mass is 316 g/mol. The van der Waals surface area contributed by atoms with Gasteiger partial charge in [0.1, 0.15) is 12.9 Å². The lowest BCUT2D eigenvalue weighted by molar-refractivity contribution is -0.114. The van der Waals surface area contributed by atoms with Gasteiger partial charge in [0.15, 0.2) is 11.5 Å². The third kappa shape index (κ3) is 5.34. The quantitative estimate of drug-likeness (QED) is 0.756. The van der Waals surface area contributed by atoms with Crippen LogP contribution >= 0.6 is 0 Å². The zero-order chi connectivity index (χ0) is 16.7. The number of nitrogens with zero attached hydrogens (tertiary/aromatic N) is 1. The van der Waals surface area contributed by atoms with Gasteiger partial charge in [-0.2, -0.15) is 0 Å². The van der Waals surface area contributed by atoms with E-state index < -0.39 is 5.41 Å². The molecule has 2 aromatic rings. The summed E-state index contributed by atoms with van der Waals surface area (Å²) < 4.78 is 10.6. The van der Waals surface area contributed by atoms with Crippen LogP contribution in [-0.2, 0) is 22.7 Å². The largest absolute Gasteiger partial charge is 0.369 e. The first-order chi connectivity index (χ1) is 11.0. The molecular formula is C17H20N2O4. The SMILES string of the molecule is CC(C)(C=O)CNC(=O)c1cc(COCc2ccccc2)on1. The van der Waals surface area contributed by atoms with E-state index in [9.17, 15) is 9.59 Å². The summed E-state index contributed by atoms with van der Waals surface area (Å²) in [5, 5.41) is 6.36. The van der Waals surface area contributed by atoms with E-state index in [-0.39, 0.29) is 24.8 Å². The van der Waals surface area contributed by atoms with E-state index in [4.69, 9.17) is 9.26 Å². The Morgan fingerprint density at radius 1 is 1.30 bits per heavy atom. The molecule has 0 unspecified atom stereocenters. The molecule has 6 heteroatoms. The highest BCUT2D eigenvalue weighted by Gasteiger charge is 2.19. The van der Waals surface area contributed by atoms with Crippen LogP contribution in [-0.4, -0.2) is 23.9 Å². The van der Waals surface area contributed by atoms with Gasteiger partial charge in [0.05, 0.1) is 6.61 Å². The second kappa shape index (κ2) is 7.69. The van der Waals surface area contributed by atoms with Crippen molar-refractivity contribution in [2.24, 2.45) is 5.41 Å². The highest BCUT2D eigenvalue weighted by atomic mass is 16.5. The molecule has 1 N–H and O–H groups in total. The summed E-state index contributed by atoms with van der Waals surface area (Å²) in [5.41, 5.74) is 0.618. The standard InChI is InChI=1S/C17H20N2O4/c1-17(2,12-20)11-18-16(21)15-8-14(23-19-15)10-22-9-13-6-4-3-5-7-13/h3-8,12H,9-11H2,1-2H3,(H,18,21). The van der Waals surface area contributed by atoms with Crippen LogP contribution in [0.25, 0.3) is 0 Å². The van der Waals surface area contributed by atoms with Crippen molar-refractivity contribution in [1.82, 2.24) is 10.5 Å². The van der Waals surface area contributed by atoms with Gasteiger partial charge in [-0.3, -0.25) is 4.79 Å². The van der Waals surface area contributed by atoms with Gasteiger partial charge in [-0.05, 0) is 5.56 Å². The predicted molar refractivity (Wildman–Crippen MR) is 83.6 cm³/mol. The number of benzene rings is 1.